The van der Waals surface area contributed by atoms with Crippen LogP contribution < -0.4 is 20.7 Å². The number of aromatic nitrogens is 2. The number of rotatable bonds is 6. The molecule has 2 atom stereocenters. The van der Waals surface area contributed by atoms with Crippen LogP contribution in [0.1, 0.15) is 36.2 Å². The van der Waals surface area contributed by atoms with Gasteiger partial charge >= 0.3 is 0 Å². The van der Waals surface area contributed by atoms with E-state index in [-0.39, 0.29) is 17.0 Å². The average molecular weight is 556 g/mol. The van der Waals surface area contributed by atoms with Gasteiger partial charge in [-0.2, -0.15) is 0 Å². The summed E-state index contributed by atoms with van der Waals surface area (Å²) in [6.45, 7) is 10.1. The zero-order chi connectivity index (χ0) is 28.2. The van der Waals surface area contributed by atoms with Crippen LogP contribution in [0.5, 0.6) is 0 Å². The van der Waals surface area contributed by atoms with Crippen molar-refractivity contribution in [1.29, 1.82) is 0 Å². The first-order valence-electron chi connectivity index (χ1n) is 13.9. The summed E-state index contributed by atoms with van der Waals surface area (Å²) >= 11 is 0. The number of para-hydroxylation sites is 1. The van der Waals surface area contributed by atoms with Crippen molar-refractivity contribution in [3.63, 3.8) is 0 Å². The fourth-order valence-electron chi connectivity index (χ4n) is 6.47. The lowest BCUT2D eigenvalue weighted by atomic mass is 9.79. The van der Waals surface area contributed by atoms with Gasteiger partial charge in [-0.3, -0.25) is 18.6 Å². The van der Waals surface area contributed by atoms with E-state index >= 15 is 0 Å². The first kappa shape index (κ1) is 26.6. The van der Waals surface area contributed by atoms with Crippen molar-refractivity contribution in [2.45, 2.75) is 38.1 Å². The molecule has 2 aromatic carbocycles. The van der Waals surface area contributed by atoms with Crippen LogP contribution in [0.2, 0.25) is 0 Å². The van der Waals surface area contributed by atoms with E-state index in [4.69, 9.17) is 0 Å². The van der Waals surface area contributed by atoms with E-state index in [0.29, 0.717) is 0 Å². The molecule has 2 saturated heterocycles. The van der Waals surface area contributed by atoms with Gasteiger partial charge < -0.3 is 15.1 Å². The number of hydrogen-bond acceptors (Lipinski definition) is 6. The van der Waals surface area contributed by atoms with Crippen LogP contribution >= 0.6 is 0 Å². The Labute approximate surface area is 238 Å². The number of anilines is 3. The third kappa shape index (κ3) is 4.68. The second-order valence-electron chi connectivity index (χ2n) is 11.7. The summed E-state index contributed by atoms with van der Waals surface area (Å²) in [6, 6.07) is 18.2. The molecule has 7 nitrogen and oxygen atoms in total. The Hall–Kier alpha value is -3.65. The van der Waals surface area contributed by atoms with Gasteiger partial charge in [0.1, 0.15) is 5.82 Å². The lowest BCUT2D eigenvalue weighted by Crippen LogP contribution is -2.58. The minimum absolute atomic E-state index is 0.0293. The predicted molar refractivity (Wildman–Crippen MR) is 165 cm³/mol. The standard InChI is InChI=1S/C32H37N5O2S/c1-21-14-25(23(3)34-28-8-6-7-9-29(28)40(5)39)26-16-30(35(4)31(38)27(26)15-21)36-13-12-32(18-36)19-37(20-32)24-11-10-22(2)33-17-24/h6-11,14-17,23,34H,12-13,18-20H2,1-5H3/t23-,40?/m1/s1. The molecule has 0 bridgehead atoms. The molecule has 1 unspecified atom stereocenters. The molecule has 1 spiro atoms. The summed E-state index contributed by atoms with van der Waals surface area (Å²) in [7, 11) is 0.787. The molecule has 40 heavy (non-hydrogen) atoms. The molecule has 4 heterocycles. The molecule has 208 valence electrons. The quantitative estimate of drug-likeness (QED) is 0.354. The van der Waals surface area contributed by atoms with E-state index in [1.807, 2.05) is 62.0 Å². The average Bonchev–Trinajstić information content (AvgIpc) is 3.36. The van der Waals surface area contributed by atoms with E-state index in [1.165, 1.54) is 5.69 Å². The minimum Gasteiger partial charge on any atom is -0.378 e. The van der Waals surface area contributed by atoms with Crippen LogP contribution in [0.4, 0.5) is 17.2 Å². The normalized spacial score (nSPS) is 17.7. The molecule has 6 rings (SSSR count). The zero-order valence-corrected chi connectivity index (χ0v) is 24.7. The van der Waals surface area contributed by atoms with Gasteiger partial charge in [0.15, 0.2) is 0 Å². The van der Waals surface area contributed by atoms with Crippen LogP contribution in [0.25, 0.3) is 10.8 Å². The van der Waals surface area contributed by atoms with Gasteiger partial charge in [0.2, 0.25) is 0 Å². The number of hydrogen-bond donors (Lipinski definition) is 1. The maximum atomic E-state index is 13.7. The van der Waals surface area contributed by atoms with Gasteiger partial charge in [0, 0.05) is 62.0 Å². The maximum Gasteiger partial charge on any atom is 0.259 e. The van der Waals surface area contributed by atoms with Gasteiger partial charge in [-0.05, 0) is 80.1 Å². The van der Waals surface area contributed by atoms with Crippen molar-refractivity contribution in [2.75, 3.05) is 47.6 Å². The van der Waals surface area contributed by atoms with E-state index in [0.717, 1.165) is 76.6 Å². The van der Waals surface area contributed by atoms with Crippen LogP contribution in [0.15, 0.2) is 70.5 Å². The molecule has 2 fully saturated rings. The molecule has 0 aliphatic carbocycles. The number of nitrogens with zero attached hydrogens (tertiary/aromatic N) is 4. The van der Waals surface area contributed by atoms with E-state index in [9.17, 15) is 9.00 Å². The monoisotopic (exact) mass is 555 g/mol. The van der Waals surface area contributed by atoms with E-state index in [1.54, 1.807) is 6.26 Å². The van der Waals surface area contributed by atoms with Gasteiger partial charge in [-0.15, -0.1) is 0 Å². The minimum atomic E-state index is -1.11. The Morgan fingerprint density at radius 1 is 1.00 bits per heavy atom. The molecule has 0 amide bonds. The Bertz CT molecular complexity index is 1670. The molecule has 0 saturated carbocycles. The highest BCUT2D eigenvalue weighted by Gasteiger charge is 2.48. The highest BCUT2D eigenvalue weighted by Crippen LogP contribution is 2.43. The van der Waals surface area contributed by atoms with Crippen molar-refractivity contribution < 1.29 is 4.21 Å². The molecule has 0 radical (unpaired) electrons. The molecule has 2 aliphatic heterocycles. The molecule has 8 heteroatoms. The first-order chi connectivity index (χ1) is 19.1. The highest BCUT2D eigenvalue weighted by molar-refractivity contribution is 7.84. The SMILES string of the molecule is Cc1cc([C@@H](C)Nc2ccccc2S(C)=O)c2cc(N3CCC4(CN(c5ccc(C)nc5)C4)C3)n(C)c(=O)c2c1. The third-order valence-electron chi connectivity index (χ3n) is 8.62. The summed E-state index contributed by atoms with van der Waals surface area (Å²) < 4.78 is 14.2. The van der Waals surface area contributed by atoms with E-state index in [2.05, 4.69) is 51.3 Å². The summed E-state index contributed by atoms with van der Waals surface area (Å²) in [5.74, 6) is 0.970. The lowest BCUT2D eigenvalue weighted by molar-refractivity contribution is 0.246. The second-order valence-corrected chi connectivity index (χ2v) is 13.0. The third-order valence-corrected chi connectivity index (χ3v) is 9.59. The Morgan fingerprint density at radius 3 is 2.48 bits per heavy atom. The number of benzene rings is 2. The van der Waals surface area contributed by atoms with Gasteiger partial charge in [0.25, 0.3) is 5.56 Å². The highest BCUT2D eigenvalue weighted by atomic mass is 32.2. The molecule has 1 N–H and O–H groups in total. The van der Waals surface area contributed by atoms with Crippen LogP contribution in [-0.4, -0.2) is 46.2 Å². The molecule has 2 aromatic heterocycles. The number of pyridine rings is 2. The Morgan fingerprint density at radius 2 is 1.75 bits per heavy atom. The Kier molecular flexibility index (Phi) is 6.69. The first-order valence-corrected chi connectivity index (χ1v) is 15.5. The van der Waals surface area contributed by atoms with Crippen molar-refractivity contribution >= 4 is 38.8 Å². The zero-order valence-electron chi connectivity index (χ0n) is 23.9. The Balaban J connectivity index is 1.31. The molecule has 2 aliphatic rings. The smallest absolute Gasteiger partial charge is 0.259 e. The van der Waals surface area contributed by atoms with Crippen LogP contribution in [0, 0.1) is 19.3 Å². The second kappa shape index (κ2) is 10.1. The maximum absolute atomic E-state index is 13.7. The number of nitrogens with one attached hydrogen (secondary N) is 1. The molecular weight excluding hydrogens is 518 g/mol. The van der Waals surface area contributed by atoms with Crippen molar-refractivity contribution in [3.05, 3.63) is 88.0 Å². The topological polar surface area (TPSA) is 70.5 Å². The fourth-order valence-corrected chi connectivity index (χ4v) is 7.17. The summed E-state index contributed by atoms with van der Waals surface area (Å²) in [5.41, 5.74) is 5.46. The van der Waals surface area contributed by atoms with E-state index < -0.39 is 10.8 Å². The van der Waals surface area contributed by atoms with Gasteiger partial charge in [0.05, 0.1) is 33.3 Å². The van der Waals surface area contributed by atoms with Crippen LogP contribution in [0.3, 0.4) is 0 Å². The largest absolute Gasteiger partial charge is 0.378 e. The predicted octanol–water partition coefficient (Wildman–Crippen LogP) is 5.18. The number of fused-ring (bicyclic) bond motifs is 1. The summed E-state index contributed by atoms with van der Waals surface area (Å²) in [6.07, 6.45) is 4.78. The van der Waals surface area contributed by atoms with Crippen molar-refractivity contribution in [3.8, 4) is 0 Å². The van der Waals surface area contributed by atoms with Crippen molar-refractivity contribution in [2.24, 2.45) is 12.5 Å². The van der Waals surface area contributed by atoms with Gasteiger partial charge in [-0.25, -0.2) is 0 Å². The number of aryl methyl sites for hydroxylation is 2. The summed E-state index contributed by atoms with van der Waals surface area (Å²) in [5, 5.41) is 5.29. The lowest BCUT2D eigenvalue weighted by Gasteiger charge is -2.49. The van der Waals surface area contributed by atoms with Crippen LogP contribution in [-0.2, 0) is 17.8 Å². The van der Waals surface area contributed by atoms with Gasteiger partial charge in [-0.1, -0.05) is 18.2 Å². The summed E-state index contributed by atoms with van der Waals surface area (Å²) in [4.78, 5) is 23.8. The van der Waals surface area contributed by atoms with Crippen molar-refractivity contribution in [1.82, 2.24) is 9.55 Å². The fraction of sp³-hybridized carbons (Fsp3) is 0.375. The molecular formula is C32H37N5O2S. The molecule has 4 aromatic rings.